The van der Waals surface area contributed by atoms with Crippen LogP contribution in [0.4, 0.5) is 0 Å². The van der Waals surface area contributed by atoms with Gasteiger partial charge in [0.15, 0.2) is 5.09 Å². The lowest BCUT2D eigenvalue weighted by Gasteiger charge is -1.94. The third-order valence-corrected chi connectivity index (χ3v) is 2.33. The first kappa shape index (κ1) is 7.50. The highest BCUT2D eigenvalue weighted by Crippen LogP contribution is 2.26. The van der Waals surface area contributed by atoms with Gasteiger partial charge in [-0.05, 0) is 18.2 Å². The molecule has 12 heavy (non-hydrogen) atoms. The second-order valence-corrected chi connectivity index (χ2v) is 3.36. The first-order chi connectivity index (χ1) is 5.95. The van der Waals surface area contributed by atoms with Gasteiger partial charge in [0.05, 0.1) is 6.26 Å². The molecule has 2 heteroatoms. The standard InChI is InChI=1S/C10H7OS/c1-2-5-9(6-3-1)12-10-7-4-8-11-10/h1-3,5-8H. The van der Waals surface area contributed by atoms with Gasteiger partial charge in [-0.1, -0.05) is 30.0 Å². The van der Waals surface area contributed by atoms with Gasteiger partial charge in [-0.2, -0.15) is 0 Å². The normalized spacial score (nSPS) is 10.0. The molecule has 0 unspecified atom stereocenters. The van der Waals surface area contributed by atoms with Crippen LogP contribution in [-0.4, -0.2) is 0 Å². The van der Waals surface area contributed by atoms with E-state index in [0.717, 1.165) is 5.09 Å². The quantitative estimate of drug-likeness (QED) is 0.695. The maximum atomic E-state index is 5.14. The Balaban J connectivity index is 2.15. The molecular weight excluding hydrogens is 168 g/mol. The number of hydrogen-bond acceptors (Lipinski definition) is 2. The zero-order chi connectivity index (χ0) is 8.23. The van der Waals surface area contributed by atoms with Gasteiger partial charge in [0.1, 0.15) is 0 Å². The van der Waals surface area contributed by atoms with Crippen LogP contribution in [0.15, 0.2) is 57.1 Å². The summed E-state index contributed by atoms with van der Waals surface area (Å²) in [6, 6.07) is 14.8. The van der Waals surface area contributed by atoms with Crippen LogP contribution in [-0.2, 0) is 0 Å². The zero-order valence-electron chi connectivity index (χ0n) is 6.36. The fourth-order valence-electron chi connectivity index (χ4n) is 0.886. The lowest BCUT2D eigenvalue weighted by atomic mass is 10.4. The molecule has 0 aliphatic heterocycles. The van der Waals surface area contributed by atoms with E-state index >= 15 is 0 Å². The lowest BCUT2D eigenvalue weighted by molar-refractivity contribution is 0.474. The van der Waals surface area contributed by atoms with Crippen LogP contribution in [0, 0.1) is 6.07 Å². The number of benzene rings is 1. The summed E-state index contributed by atoms with van der Waals surface area (Å²) in [5.74, 6) is 0. The van der Waals surface area contributed by atoms with Crippen LogP contribution in [0.1, 0.15) is 0 Å². The molecule has 1 nitrogen and oxygen atoms in total. The fraction of sp³-hybridized carbons (Fsp3) is 0. The predicted octanol–water partition coefficient (Wildman–Crippen LogP) is 3.23. The molecule has 0 aliphatic rings. The van der Waals surface area contributed by atoms with E-state index in [1.807, 2.05) is 36.4 Å². The van der Waals surface area contributed by atoms with Gasteiger partial charge in [-0.3, -0.25) is 0 Å². The van der Waals surface area contributed by atoms with Gasteiger partial charge in [-0.15, -0.1) is 0 Å². The molecule has 0 aliphatic carbocycles. The number of furan rings is 1. The third kappa shape index (κ3) is 1.71. The molecule has 0 amide bonds. The van der Waals surface area contributed by atoms with E-state index in [9.17, 15) is 0 Å². The van der Waals surface area contributed by atoms with Gasteiger partial charge in [0.2, 0.25) is 0 Å². The molecule has 1 aromatic carbocycles. The van der Waals surface area contributed by atoms with Crippen molar-refractivity contribution in [1.82, 2.24) is 0 Å². The molecule has 0 N–H and O–H groups in total. The first-order valence-corrected chi connectivity index (χ1v) is 4.44. The average molecular weight is 175 g/mol. The maximum Gasteiger partial charge on any atom is 0.165 e. The van der Waals surface area contributed by atoms with E-state index in [1.165, 1.54) is 4.90 Å². The second kappa shape index (κ2) is 3.50. The molecular formula is C10H7OS. The molecule has 0 atom stereocenters. The molecule has 0 fully saturated rings. The highest BCUT2D eigenvalue weighted by atomic mass is 32.2. The van der Waals surface area contributed by atoms with Crippen LogP contribution < -0.4 is 0 Å². The Morgan fingerprint density at radius 2 is 2.00 bits per heavy atom. The SMILES string of the molecule is [c]1coc(Sc2ccccc2)c1. The van der Waals surface area contributed by atoms with Crippen molar-refractivity contribution in [1.29, 1.82) is 0 Å². The monoisotopic (exact) mass is 175 g/mol. The number of rotatable bonds is 2. The summed E-state index contributed by atoms with van der Waals surface area (Å²) in [5, 5.41) is 0.876. The smallest absolute Gasteiger partial charge is 0.165 e. The fourth-order valence-corrected chi connectivity index (χ4v) is 1.64. The molecule has 2 rings (SSSR count). The van der Waals surface area contributed by atoms with Gasteiger partial charge in [0, 0.05) is 11.0 Å². The van der Waals surface area contributed by atoms with Crippen LogP contribution in [0.2, 0.25) is 0 Å². The van der Waals surface area contributed by atoms with E-state index in [1.54, 1.807) is 18.0 Å². The minimum Gasteiger partial charge on any atom is -0.457 e. The Labute approximate surface area is 75.4 Å². The van der Waals surface area contributed by atoms with Crippen molar-refractivity contribution in [2.75, 3.05) is 0 Å². The van der Waals surface area contributed by atoms with E-state index in [2.05, 4.69) is 6.07 Å². The molecule has 1 aromatic heterocycles. The molecule has 1 radical (unpaired) electrons. The molecule has 0 saturated carbocycles. The summed E-state index contributed by atoms with van der Waals surface area (Å²) in [5.41, 5.74) is 0. The molecule has 0 saturated heterocycles. The average Bonchev–Trinajstić information content (AvgIpc) is 2.59. The van der Waals surface area contributed by atoms with Gasteiger partial charge >= 0.3 is 0 Å². The predicted molar refractivity (Wildman–Crippen MR) is 48.1 cm³/mol. The summed E-state index contributed by atoms with van der Waals surface area (Å²) < 4.78 is 5.14. The van der Waals surface area contributed by atoms with E-state index < -0.39 is 0 Å². The summed E-state index contributed by atoms with van der Waals surface area (Å²) >= 11 is 1.60. The maximum absolute atomic E-state index is 5.14. The zero-order valence-corrected chi connectivity index (χ0v) is 7.17. The topological polar surface area (TPSA) is 13.1 Å². The van der Waals surface area contributed by atoms with Gasteiger partial charge in [-0.25, -0.2) is 0 Å². The van der Waals surface area contributed by atoms with Crippen LogP contribution >= 0.6 is 11.8 Å². The Bertz CT molecular complexity index is 326. The Morgan fingerprint density at radius 3 is 2.67 bits per heavy atom. The molecule has 2 aromatic rings. The van der Waals surface area contributed by atoms with Gasteiger partial charge < -0.3 is 4.42 Å². The minimum atomic E-state index is 0.876. The Hall–Kier alpha value is -1.15. The second-order valence-electron chi connectivity index (χ2n) is 2.28. The molecule has 1 heterocycles. The Kier molecular flexibility index (Phi) is 2.19. The highest BCUT2D eigenvalue weighted by Gasteiger charge is 1.97. The van der Waals surface area contributed by atoms with Gasteiger partial charge in [0.25, 0.3) is 0 Å². The van der Waals surface area contributed by atoms with Crippen molar-refractivity contribution in [3.63, 3.8) is 0 Å². The lowest BCUT2D eigenvalue weighted by Crippen LogP contribution is -1.67. The summed E-state index contributed by atoms with van der Waals surface area (Å²) in [7, 11) is 0. The van der Waals surface area contributed by atoms with E-state index in [-0.39, 0.29) is 0 Å². The first-order valence-electron chi connectivity index (χ1n) is 3.62. The van der Waals surface area contributed by atoms with Crippen molar-refractivity contribution in [3.8, 4) is 0 Å². The summed E-state index contributed by atoms with van der Waals surface area (Å²) in [6.07, 6.45) is 1.56. The highest BCUT2D eigenvalue weighted by molar-refractivity contribution is 7.99. The van der Waals surface area contributed by atoms with Crippen LogP contribution in [0.3, 0.4) is 0 Å². The van der Waals surface area contributed by atoms with Crippen LogP contribution in [0.5, 0.6) is 0 Å². The van der Waals surface area contributed by atoms with E-state index in [4.69, 9.17) is 4.42 Å². The molecule has 0 spiro atoms. The minimum absolute atomic E-state index is 0.876. The van der Waals surface area contributed by atoms with Crippen molar-refractivity contribution in [2.45, 2.75) is 9.99 Å². The third-order valence-electron chi connectivity index (χ3n) is 1.41. The molecule has 59 valence electrons. The summed E-state index contributed by atoms with van der Waals surface area (Å²) in [4.78, 5) is 1.18. The van der Waals surface area contributed by atoms with Crippen molar-refractivity contribution >= 4 is 11.8 Å². The van der Waals surface area contributed by atoms with Crippen LogP contribution in [0.25, 0.3) is 0 Å². The summed E-state index contributed by atoms with van der Waals surface area (Å²) in [6.45, 7) is 0. The molecule has 0 bridgehead atoms. The number of hydrogen-bond donors (Lipinski definition) is 0. The van der Waals surface area contributed by atoms with Crippen molar-refractivity contribution in [2.24, 2.45) is 0 Å². The Morgan fingerprint density at radius 1 is 1.17 bits per heavy atom. The van der Waals surface area contributed by atoms with E-state index in [0.29, 0.717) is 0 Å². The van der Waals surface area contributed by atoms with Crippen molar-refractivity contribution < 1.29 is 4.42 Å². The van der Waals surface area contributed by atoms with Crippen molar-refractivity contribution in [3.05, 3.63) is 48.7 Å². The largest absolute Gasteiger partial charge is 0.457 e.